The van der Waals surface area contributed by atoms with Crippen molar-refractivity contribution in [2.75, 3.05) is 6.61 Å². The van der Waals surface area contributed by atoms with Gasteiger partial charge in [0.15, 0.2) is 5.66 Å². The van der Waals surface area contributed by atoms with Gasteiger partial charge in [-0.3, -0.25) is 4.84 Å². The van der Waals surface area contributed by atoms with Crippen LogP contribution < -0.4 is 11.5 Å². The monoisotopic (exact) mass is 423 g/mol. The zero-order chi connectivity index (χ0) is 16.3. The number of benzene rings is 1. The fourth-order valence-electron chi connectivity index (χ4n) is 2.19. The molecule has 9 heteroatoms. The molecular formula is C14H20BrCl2N5O. The molecule has 0 bridgehead atoms. The number of guanidine groups is 2. The highest BCUT2D eigenvalue weighted by Crippen LogP contribution is 2.26. The first kappa shape index (κ1) is 20.0. The number of aliphatic imine (C=N–C) groups is 2. The molecule has 0 amide bonds. The first-order chi connectivity index (χ1) is 10.3. The highest BCUT2D eigenvalue weighted by Gasteiger charge is 2.32. The molecule has 0 aromatic heterocycles. The van der Waals surface area contributed by atoms with E-state index in [0.717, 1.165) is 12.0 Å². The number of rotatable bonds is 5. The second-order valence-corrected chi connectivity index (χ2v) is 6.18. The van der Waals surface area contributed by atoms with Gasteiger partial charge in [-0.25, -0.2) is 4.99 Å². The van der Waals surface area contributed by atoms with Crippen LogP contribution in [0.25, 0.3) is 0 Å². The Balaban J connectivity index is 0.00000264. The third-order valence-electron chi connectivity index (χ3n) is 3.18. The molecule has 4 N–H and O–H groups in total. The summed E-state index contributed by atoms with van der Waals surface area (Å²) in [5.74, 6) is 0.332. The number of nitrogens with two attached hydrogens (primary N) is 2. The minimum atomic E-state index is -0.696. The van der Waals surface area contributed by atoms with Crippen molar-refractivity contribution in [2.24, 2.45) is 21.5 Å². The molecule has 1 aromatic rings. The second kappa shape index (κ2) is 8.19. The summed E-state index contributed by atoms with van der Waals surface area (Å²) < 4.78 is 0. The van der Waals surface area contributed by atoms with Gasteiger partial charge in [-0.15, -0.1) is 17.0 Å². The largest absolute Gasteiger partial charge is 0.368 e. The molecular weight excluding hydrogens is 405 g/mol. The number of nitrogens with zero attached hydrogens (tertiary/aromatic N) is 3. The van der Waals surface area contributed by atoms with Crippen molar-refractivity contribution in [3.63, 3.8) is 0 Å². The lowest BCUT2D eigenvalue weighted by Gasteiger charge is -2.36. The minimum absolute atomic E-state index is 0. The first-order valence-corrected chi connectivity index (χ1v) is 7.62. The summed E-state index contributed by atoms with van der Waals surface area (Å²) in [6.45, 7) is 4.11. The van der Waals surface area contributed by atoms with Gasteiger partial charge >= 0.3 is 0 Å². The third kappa shape index (κ3) is 4.97. The Kier molecular flexibility index (Phi) is 7.13. The number of hydroxylamine groups is 2. The van der Waals surface area contributed by atoms with Crippen LogP contribution in [-0.2, 0) is 11.3 Å². The van der Waals surface area contributed by atoms with E-state index in [-0.39, 0.29) is 28.9 Å². The molecule has 0 saturated heterocycles. The fraction of sp³-hybridized carbons (Fsp3) is 0.429. The molecule has 0 spiro atoms. The third-order valence-corrected chi connectivity index (χ3v) is 3.88. The molecule has 1 aromatic carbocycles. The van der Waals surface area contributed by atoms with Crippen LogP contribution in [0.1, 0.15) is 25.8 Å². The molecule has 0 radical (unpaired) electrons. The van der Waals surface area contributed by atoms with Crippen molar-refractivity contribution < 1.29 is 4.84 Å². The van der Waals surface area contributed by atoms with Gasteiger partial charge in [0, 0.05) is 10.0 Å². The smallest absolute Gasteiger partial charge is 0.226 e. The summed E-state index contributed by atoms with van der Waals surface area (Å²) in [4.78, 5) is 13.8. The Morgan fingerprint density at radius 3 is 2.39 bits per heavy atom. The van der Waals surface area contributed by atoms with Gasteiger partial charge < -0.3 is 11.5 Å². The summed E-state index contributed by atoms with van der Waals surface area (Å²) >= 11 is 12.3. The van der Waals surface area contributed by atoms with Crippen LogP contribution in [0.15, 0.2) is 28.2 Å². The van der Waals surface area contributed by atoms with E-state index in [0.29, 0.717) is 23.1 Å². The molecule has 6 nitrogen and oxygen atoms in total. The van der Waals surface area contributed by atoms with Crippen molar-refractivity contribution in [3.8, 4) is 0 Å². The summed E-state index contributed by atoms with van der Waals surface area (Å²) in [6, 6.07) is 5.46. The minimum Gasteiger partial charge on any atom is -0.368 e. The average Bonchev–Trinajstić information content (AvgIpc) is 2.38. The lowest BCUT2D eigenvalue weighted by Crippen LogP contribution is -2.53. The Morgan fingerprint density at radius 1 is 1.22 bits per heavy atom. The topological polar surface area (TPSA) is 89.2 Å². The van der Waals surface area contributed by atoms with Gasteiger partial charge in [0.05, 0.1) is 6.61 Å². The van der Waals surface area contributed by atoms with E-state index in [4.69, 9.17) is 39.5 Å². The Hall–Kier alpha value is -1.02. The zero-order valence-corrected chi connectivity index (χ0v) is 16.1. The van der Waals surface area contributed by atoms with Crippen molar-refractivity contribution in [1.29, 1.82) is 0 Å². The number of hydrogen-bond acceptors (Lipinski definition) is 6. The molecule has 0 atom stereocenters. The summed E-state index contributed by atoms with van der Waals surface area (Å²) in [5.41, 5.74) is 11.6. The van der Waals surface area contributed by atoms with E-state index in [1.807, 2.05) is 32.0 Å². The standard InChI is InChI=1S/C14H19Cl2N5O.BrH/c1-14(2)20-12(17)19-13(18)21(14)22-8-4-5-9-10(15)6-3-7-11(9)16;/h3,6-7H,4-5,8H2,1-2H3,(H4,17,18,19,20);1H. The molecule has 0 unspecified atom stereocenters. The van der Waals surface area contributed by atoms with Crippen molar-refractivity contribution in [3.05, 3.63) is 33.8 Å². The zero-order valence-electron chi connectivity index (χ0n) is 12.9. The van der Waals surface area contributed by atoms with E-state index in [2.05, 4.69) is 9.98 Å². The van der Waals surface area contributed by atoms with Crippen molar-refractivity contribution in [2.45, 2.75) is 32.4 Å². The van der Waals surface area contributed by atoms with Crippen molar-refractivity contribution in [1.82, 2.24) is 5.06 Å². The Labute approximate surface area is 156 Å². The van der Waals surface area contributed by atoms with Gasteiger partial charge in [0.1, 0.15) is 0 Å². The molecule has 1 heterocycles. The van der Waals surface area contributed by atoms with Crippen LogP contribution in [0.3, 0.4) is 0 Å². The van der Waals surface area contributed by atoms with Crippen LogP contribution in [0.4, 0.5) is 0 Å². The summed E-state index contributed by atoms with van der Waals surface area (Å²) in [7, 11) is 0. The first-order valence-electron chi connectivity index (χ1n) is 6.87. The molecule has 0 fully saturated rings. The quantitative estimate of drug-likeness (QED) is 0.710. The Morgan fingerprint density at radius 2 is 1.83 bits per heavy atom. The summed E-state index contributed by atoms with van der Waals surface area (Å²) in [5, 5.41) is 2.77. The van der Waals surface area contributed by atoms with E-state index < -0.39 is 5.66 Å². The molecule has 128 valence electrons. The predicted molar refractivity (Wildman–Crippen MR) is 100 cm³/mol. The molecule has 2 rings (SSSR count). The fourth-order valence-corrected chi connectivity index (χ4v) is 2.78. The molecule has 0 aliphatic carbocycles. The lowest BCUT2D eigenvalue weighted by molar-refractivity contribution is -0.157. The van der Waals surface area contributed by atoms with E-state index >= 15 is 0 Å². The summed E-state index contributed by atoms with van der Waals surface area (Å²) in [6.07, 6.45) is 1.43. The van der Waals surface area contributed by atoms with Crippen LogP contribution >= 0.6 is 40.2 Å². The highest BCUT2D eigenvalue weighted by molar-refractivity contribution is 8.93. The lowest BCUT2D eigenvalue weighted by atomic mass is 10.1. The second-order valence-electron chi connectivity index (χ2n) is 5.37. The van der Waals surface area contributed by atoms with E-state index in [9.17, 15) is 0 Å². The maximum atomic E-state index is 6.14. The predicted octanol–water partition coefficient (Wildman–Crippen LogP) is 3.12. The van der Waals surface area contributed by atoms with Gasteiger partial charge in [-0.2, -0.15) is 10.1 Å². The van der Waals surface area contributed by atoms with Gasteiger partial charge in [0.25, 0.3) is 0 Å². The normalized spacial score (nSPS) is 16.4. The molecule has 0 saturated carbocycles. The van der Waals surface area contributed by atoms with Crippen LogP contribution in [0, 0.1) is 0 Å². The molecule has 1 aliphatic heterocycles. The van der Waals surface area contributed by atoms with E-state index in [1.54, 1.807) is 0 Å². The maximum absolute atomic E-state index is 6.14. The van der Waals surface area contributed by atoms with Crippen LogP contribution in [-0.4, -0.2) is 29.3 Å². The van der Waals surface area contributed by atoms with E-state index in [1.165, 1.54) is 5.06 Å². The SMILES string of the molecule is Br.CC1(C)N=C(N)N=C(N)N1OCCCc1c(Cl)cccc1Cl. The number of hydrogen-bond donors (Lipinski definition) is 2. The van der Waals surface area contributed by atoms with Crippen molar-refractivity contribution >= 4 is 52.1 Å². The van der Waals surface area contributed by atoms with Crippen LogP contribution in [0.5, 0.6) is 0 Å². The number of halogens is 3. The van der Waals surface area contributed by atoms with Gasteiger partial charge in [0.2, 0.25) is 11.9 Å². The Bertz CT molecular complexity index is 601. The maximum Gasteiger partial charge on any atom is 0.226 e. The van der Waals surface area contributed by atoms with Gasteiger partial charge in [-0.1, -0.05) is 29.3 Å². The molecule has 1 aliphatic rings. The van der Waals surface area contributed by atoms with Crippen LogP contribution in [0.2, 0.25) is 10.0 Å². The highest BCUT2D eigenvalue weighted by atomic mass is 79.9. The average molecular weight is 425 g/mol. The molecule has 23 heavy (non-hydrogen) atoms. The van der Waals surface area contributed by atoms with Gasteiger partial charge in [-0.05, 0) is 44.4 Å².